The number of amides is 1. The molecule has 1 aliphatic rings. The van der Waals surface area contributed by atoms with Crippen LogP contribution in [0.15, 0.2) is 84.9 Å². The Labute approximate surface area is 192 Å². The van der Waals surface area contributed by atoms with Crippen molar-refractivity contribution < 1.29 is 4.79 Å². The zero-order valence-electron chi connectivity index (χ0n) is 18.5. The van der Waals surface area contributed by atoms with Crippen LogP contribution in [0.3, 0.4) is 0 Å². The second kappa shape index (κ2) is 8.70. The number of aryl methyl sites for hydroxylation is 2. The van der Waals surface area contributed by atoms with Crippen LogP contribution in [-0.4, -0.2) is 32.7 Å². The van der Waals surface area contributed by atoms with E-state index in [1.807, 2.05) is 54.3 Å². The smallest absolute Gasteiger partial charge is 0.251 e. The lowest BCUT2D eigenvalue weighted by molar-refractivity contribution is -0.114. The maximum absolute atomic E-state index is 13.1. The summed E-state index contributed by atoms with van der Waals surface area (Å²) in [5.74, 6) is 0.386. The Morgan fingerprint density at radius 2 is 1.67 bits per heavy atom. The van der Waals surface area contributed by atoms with Gasteiger partial charge >= 0.3 is 0 Å². The topological polar surface area (TPSA) is 75.9 Å². The number of carbonyl (C=O) groups excluding carboxylic acids is 1. The van der Waals surface area contributed by atoms with Crippen molar-refractivity contribution in [2.45, 2.75) is 19.9 Å². The van der Waals surface area contributed by atoms with Gasteiger partial charge < -0.3 is 5.32 Å². The molecule has 0 fully saturated rings. The third kappa shape index (κ3) is 4.13. The number of aromatic nitrogens is 4. The number of hydrogen-bond acceptors (Lipinski definition) is 5. The van der Waals surface area contributed by atoms with Gasteiger partial charge in [0.05, 0.1) is 5.70 Å². The zero-order chi connectivity index (χ0) is 22.8. The highest BCUT2D eigenvalue weighted by Gasteiger charge is 2.31. The Bertz CT molecular complexity index is 1310. The fourth-order valence-electron chi connectivity index (χ4n) is 4.03. The molecule has 0 saturated carbocycles. The van der Waals surface area contributed by atoms with Gasteiger partial charge in [-0.25, -0.2) is 0 Å². The molecular weight excluding hydrogens is 412 g/mol. The van der Waals surface area contributed by atoms with Crippen molar-refractivity contribution in [3.05, 3.63) is 107 Å². The van der Waals surface area contributed by atoms with E-state index in [2.05, 4.69) is 70.2 Å². The molecule has 0 saturated heterocycles. The average Bonchev–Trinajstić information content (AvgIpc) is 3.32. The van der Waals surface area contributed by atoms with Crippen molar-refractivity contribution in [2.75, 3.05) is 16.8 Å². The number of tetrazole rings is 1. The van der Waals surface area contributed by atoms with Crippen LogP contribution in [0.25, 0.3) is 5.70 Å². The molecule has 1 aliphatic heterocycles. The lowest BCUT2D eigenvalue weighted by atomic mass is 10.00. The molecule has 164 valence electrons. The molecular formula is C26H24N6O. The Morgan fingerprint density at radius 3 is 2.42 bits per heavy atom. The number of allylic oxidation sites excluding steroid dienone is 1. The van der Waals surface area contributed by atoms with Crippen LogP contribution in [0.1, 0.15) is 28.3 Å². The van der Waals surface area contributed by atoms with E-state index in [4.69, 9.17) is 0 Å². The molecule has 0 radical (unpaired) electrons. The third-order valence-electron chi connectivity index (χ3n) is 5.80. The quantitative estimate of drug-likeness (QED) is 0.503. The van der Waals surface area contributed by atoms with E-state index < -0.39 is 0 Å². The molecule has 2 heterocycles. The van der Waals surface area contributed by atoms with Crippen molar-refractivity contribution in [1.29, 1.82) is 0 Å². The lowest BCUT2D eigenvalue weighted by Crippen LogP contribution is -2.37. The van der Waals surface area contributed by atoms with E-state index in [-0.39, 0.29) is 18.5 Å². The van der Waals surface area contributed by atoms with E-state index in [0.29, 0.717) is 5.95 Å². The molecule has 1 atom stereocenters. The van der Waals surface area contributed by atoms with Gasteiger partial charge in [-0.1, -0.05) is 83.5 Å². The van der Waals surface area contributed by atoms with Gasteiger partial charge in [0.1, 0.15) is 12.6 Å². The summed E-state index contributed by atoms with van der Waals surface area (Å²) in [6, 6.07) is 25.9. The van der Waals surface area contributed by atoms with Gasteiger partial charge in [-0.2, -0.15) is 4.68 Å². The van der Waals surface area contributed by atoms with Crippen LogP contribution in [0, 0.1) is 13.8 Å². The number of carbonyl (C=O) groups is 1. The third-order valence-corrected chi connectivity index (χ3v) is 5.80. The monoisotopic (exact) mass is 436 g/mol. The van der Waals surface area contributed by atoms with Crippen LogP contribution in [-0.2, 0) is 4.79 Å². The number of para-hydroxylation sites is 1. The molecule has 1 amide bonds. The molecule has 4 aromatic rings. The van der Waals surface area contributed by atoms with Gasteiger partial charge in [0.2, 0.25) is 5.91 Å². The summed E-state index contributed by atoms with van der Waals surface area (Å²) in [6.07, 6.45) is 2.12. The first-order valence-electron chi connectivity index (χ1n) is 10.8. The largest absolute Gasteiger partial charge is 0.324 e. The van der Waals surface area contributed by atoms with E-state index in [1.54, 1.807) is 4.68 Å². The highest BCUT2D eigenvalue weighted by molar-refractivity contribution is 5.97. The van der Waals surface area contributed by atoms with Crippen molar-refractivity contribution >= 4 is 23.2 Å². The van der Waals surface area contributed by atoms with Crippen LogP contribution >= 0.6 is 0 Å². The molecule has 0 bridgehead atoms. The summed E-state index contributed by atoms with van der Waals surface area (Å²) < 4.78 is 1.76. The Morgan fingerprint density at radius 1 is 0.939 bits per heavy atom. The van der Waals surface area contributed by atoms with Crippen LogP contribution in [0.5, 0.6) is 0 Å². The summed E-state index contributed by atoms with van der Waals surface area (Å²) in [7, 11) is 0. The number of fused-ring (bicyclic) bond motifs is 1. The highest BCUT2D eigenvalue weighted by atomic mass is 16.2. The van der Waals surface area contributed by atoms with Gasteiger partial charge in [0, 0.05) is 5.69 Å². The summed E-state index contributed by atoms with van der Waals surface area (Å²) in [6.45, 7) is 4.11. The first-order valence-corrected chi connectivity index (χ1v) is 10.8. The van der Waals surface area contributed by atoms with Gasteiger partial charge in [0.15, 0.2) is 0 Å². The van der Waals surface area contributed by atoms with E-state index in [1.165, 1.54) is 5.56 Å². The van der Waals surface area contributed by atoms with E-state index in [0.717, 1.165) is 28.1 Å². The van der Waals surface area contributed by atoms with Crippen LogP contribution in [0.2, 0.25) is 0 Å². The Hall–Kier alpha value is -4.26. The second-order valence-corrected chi connectivity index (χ2v) is 8.15. The number of benzene rings is 3. The molecule has 1 aromatic heterocycles. The number of nitrogens with zero attached hydrogens (tertiary/aromatic N) is 5. The maximum atomic E-state index is 13.1. The summed E-state index contributed by atoms with van der Waals surface area (Å²) in [4.78, 5) is 15.0. The van der Waals surface area contributed by atoms with Crippen molar-refractivity contribution in [2.24, 2.45) is 0 Å². The molecule has 1 unspecified atom stereocenters. The van der Waals surface area contributed by atoms with Crippen LogP contribution in [0.4, 0.5) is 11.6 Å². The fraction of sp³-hybridized carbons (Fsp3) is 0.154. The summed E-state index contributed by atoms with van der Waals surface area (Å²) >= 11 is 0. The molecule has 0 spiro atoms. The number of rotatable bonds is 5. The zero-order valence-corrected chi connectivity index (χ0v) is 18.5. The Balaban J connectivity index is 1.54. The summed E-state index contributed by atoms with van der Waals surface area (Å²) in [5, 5.41) is 15.5. The van der Waals surface area contributed by atoms with Crippen molar-refractivity contribution in [3.63, 3.8) is 0 Å². The van der Waals surface area contributed by atoms with E-state index >= 15 is 0 Å². The number of hydrogen-bond donors (Lipinski definition) is 1. The van der Waals surface area contributed by atoms with Crippen molar-refractivity contribution in [3.8, 4) is 0 Å². The minimum Gasteiger partial charge on any atom is -0.324 e. The lowest BCUT2D eigenvalue weighted by Gasteiger charge is -2.32. The normalized spacial score (nSPS) is 15.0. The predicted molar refractivity (Wildman–Crippen MR) is 129 cm³/mol. The van der Waals surface area contributed by atoms with Crippen molar-refractivity contribution in [1.82, 2.24) is 20.2 Å². The maximum Gasteiger partial charge on any atom is 0.251 e. The van der Waals surface area contributed by atoms with Gasteiger partial charge in [-0.15, -0.1) is 0 Å². The first kappa shape index (κ1) is 20.6. The molecule has 0 aliphatic carbocycles. The van der Waals surface area contributed by atoms with Gasteiger partial charge in [-0.05, 0) is 53.1 Å². The van der Waals surface area contributed by atoms with E-state index in [9.17, 15) is 4.79 Å². The fourth-order valence-corrected chi connectivity index (χ4v) is 4.03. The standard InChI is InChI=1S/C26H24N6O/c1-18-12-14-21(15-13-18)23-16-24(20-9-4-3-5-10-20)32-26(28-29-30-32)31(23)17-25(33)27-22-11-7-6-8-19(22)2/h3-16,24H,17H2,1-2H3,(H,27,33). The second-order valence-electron chi connectivity index (χ2n) is 8.15. The molecule has 5 rings (SSSR count). The molecule has 7 heteroatoms. The molecule has 3 aromatic carbocycles. The number of nitrogens with one attached hydrogen (secondary N) is 1. The minimum absolute atomic E-state index is 0.0793. The molecule has 33 heavy (non-hydrogen) atoms. The highest BCUT2D eigenvalue weighted by Crippen LogP contribution is 2.36. The number of anilines is 2. The summed E-state index contributed by atoms with van der Waals surface area (Å²) in [5.41, 5.74) is 5.93. The molecule has 1 N–H and O–H groups in total. The first-order chi connectivity index (χ1) is 16.1. The minimum atomic E-state index is -0.178. The van der Waals surface area contributed by atoms with Crippen LogP contribution < -0.4 is 10.2 Å². The SMILES string of the molecule is Cc1ccc(C2=CC(c3ccccc3)n3nnnc3N2CC(=O)Nc2ccccc2C)cc1. The molecule has 7 nitrogen and oxygen atoms in total. The Kier molecular flexibility index (Phi) is 5.44. The predicted octanol–water partition coefficient (Wildman–Crippen LogP) is 4.38. The van der Waals surface area contributed by atoms with Gasteiger partial charge in [0.25, 0.3) is 5.95 Å². The van der Waals surface area contributed by atoms with Gasteiger partial charge in [-0.3, -0.25) is 9.69 Å². The average molecular weight is 437 g/mol.